The molecule has 1 heterocycles. The van der Waals surface area contributed by atoms with Gasteiger partial charge in [0.1, 0.15) is 17.3 Å². The summed E-state index contributed by atoms with van der Waals surface area (Å²) in [5.41, 5.74) is 2.83. The van der Waals surface area contributed by atoms with Gasteiger partial charge in [-0.05, 0) is 67.4 Å². The SMILES string of the molecule is CCOc1ccc(NC(=O)c2cc(NCCc3ccc(F)cc3)ccn2)cc1. The van der Waals surface area contributed by atoms with E-state index >= 15 is 0 Å². The van der Waals surface area contributed by atoms with Crippen molar-refractivity contribution >= 4 is 17.3 Å². The van der Waals surface area contributed by atoms with Crippen molar-refractivity contribution in [2.45, 2.75) is 13.3 Å². The number of hydrogen-bond acceptors (Lipinski definition) is 4. The molecule has 0 atom stereocenters. The molecule has 2 N–H and O–H groups in total. The molecule has 2 aromatic carbocycles. The molecule has 1 aromatic heterocycles. The van der Waals surface area contributed by atoms with Gasteiger partial charge in [0.2, 0.25) is 0 Å². The normalized spacial score (nSPS) is 10.4. The molecule has 0 spiro atoms. The standard InChI is InChI=1S/C22H22FN3O2/c1-2-28-20-9-7-18(8-10-20)26-22(27)21-15-19(12-14-25-21)24-13-11-16-3-5-17(23)6-4-16/h3-10,12,14-15H,2,11,13H2,1H3,(H,24,25)(H,26,27). The topological polar surface area (TPSA) is 63.2 Å². The Morgan fingerprint density at radius 3 is 2.50 bits per heavy atom. The number of rotatable bonds is 8. The lowest BCUT2D eigenvalue weighted by Gasteiger charge is -2.09. The number of hydrogen-bond donors (Lipinski definition) is 2. The average Bonchev–Trinajstić information content (AvgIpc) is 2.71. The third-order valence-electron chi connectivity index (χ3n) is 4.07. The van der Waals surface area contributed by atoms with Crippen molar-refractivity contribution in [1.29, 1.82) is 0 Å². The first-order chi connectivity index (χ1) is 13.6. The maximum atomic E-state index is 12.9. The second kappa shape index (κ2) is 9.50. The van der Waals surface area contributed by atoms with E-state index in [4.69, 9.17) is 4.74 Å². The van der Waals surface area contributed by atoms with Gasteiger partial charge in [0, 0.05) is 24.1 Å². The van der Waals surface area contributed by atoms with Crippen molar-refractivity contribution < 1.29 is 13.9 Å². The molecule has 0 aliphatic rings. The van der Waals surface area contributed by atoms with Crippen LogP contribution in [-0.2, 0) is 6.42 Å². The van der Waals surface area contributed by atoms with E-state index in [1.54, 1.807) is 54.7 Å². The number of nitrogens with one attached hydrogen (secondary N) is 2. The van der Waals surface area contributed by atoms with E-state index in [9.17, 15) is 9.18 Å². The van der Waals surface area contributed by atoms with Crippen LogP contribution in [0.15, 0.2) is 66.9 Å². The van der Waals surface area contributed by atoms with Gasteiger partial charge in [-0.15, -0.1) is 0 Å². The Balaban J connectivity index is 1.55. The number of ether oxygens (including phenoxy) is 1. The predicted octanol–water partition coefficient (Wildman–Crippen LogP) is 4.53. The molecule has 0 bridgehead atoms. The van der Waals surface area contributed by atoms with Crippen LogP contribution in [0, 0.1) is 5.82 Å². The zero-order chi connectivity index (χ0) is 19.8. The summed E-state index contributed by atoms with van der Waals surface area (Å²) < 4.78 is 18.3. The van der Waals surface area contributed by atoms with Crippen molar-refractivity contribution in [2.24, 2.45) is 0 Å². The first-order valence-corrected chi connectivity index (χ1v) is 9.12. The van der Waals surface area contributed by atoms with Crippen molar-refractivity contribution in [3.8, 4) is 5.75 Å². The van der Waals surface area contributed by atoms with Crippen LogP contribution >= 0.6 is 0 Å². The van der Waals surface area contributed by atoms with Gasteiger partial charge in [0.25, 0.3) is 5.91 Å². The first kappa shape index (κ1) is 19.4. The Labute approximate surface area is 163 Å². The lowest BCUT2D eigenvalue weighted by Crippen LogP contribution is -2.14. The molecular formula is C22H22FN3O2. The highest BCUT2D eigenvalue weighted by Crippen LogP contribution is 2.17. The molecular weight excluding hydrogens is 357 g/mol. The molecule has 28 heavy (non-hydrogen) atoms. The highest BCUT2D eigenvalue weighted by atomic mass is 19.1. The average molecular weight is 379 g/mol. The summed E-state index contributed by atoms with van der Waals surface area (Å²) in [6, 6.07) is 17.1. The molecule has 6 heteroatoms. The molecule has 0 aliphatic carbocycles. The largest absolute Gasteiger partial charge is 0.494 e. The molecule has 144 valence electrons. The fourth-order valence-corrected chi connectivity index (χ4v) is 2.66. The number of carbonyl (C=O) groups is 1. The summed E-state index contributed by atoms with van der Waals surface area (Å²) >= 11 is 0. The number of benzene rings is 2. The van der Waals surface area contributed by atoms with Crippen LogP contribution in [0.25, 0.3) is 0 Å². The lowest BCUT2D eigenvalue weighted by molar-refractivity contribution is 0.102. The summed E-state index contributed by atoms with van der Waals surface area (Å²) in [4.78, 5) is 16.6. The molecule has 0 saturated heterocycles. The monoisotopic (exact) mass is 379 g/mol. The van der Waals surface area contributed by atoms with Crippen molar-refractivity contribution in [1.82, 2.24) is 4.98 Å². The number of pyridine rings is 1. The van der Waals surface area contributed by atoms with E-state index in [0.29, 0.717) is 24.5 Å². The van der Waals surface area contributed by atoms with E-state index in [2.05, 4.69) is 15.6 Å². The third-order valence-corrected chi connectivity index (χ3v) is 4.07. The second-order valence-corrected chi connectivity index (χ2v) is 6.14. The highest BCUT2D eigenvalue weighted by molar-refractivity contribution is 6.03. The lowest BCUT2D eigenvalue weighted by atomic mass is 10.1. The van der Waals surface area contributed by atoms with Crippen molar-refractivity contribution in [3.63, 3.8) is 0 Å². The molecule has 3 rings (SSSR count). The summed E-state index contributed by atoms with van der Waals surface area (Å²) in [6.45, 7) is 3.17. The predicted molar refractivity (Wildman–Crippen MR) is 108 cm³/mol. The minimum Gasteiger partial charge on any atom is -0.494 e. The van der Waals surface area contributed by atoms with Crippen molar-refractivity contribution in [3.05, 3.63) is 83.9 Å². The quantitative estimate of drug-likeness (QED) is 0.604. The summed E-state index contributed by atoms with van der Waals surface area (Å²) in [6.07, 6.45) is 2.34. The summed E-state index contributed by atoms with van der Waals surface area (Å²) in [5, 5.41) is 6.08. The molecule has 3 aromatic rings. The molecule has 0 saturated carbocycles. The zero-order valence-electron chi connectivity index (χ0n) is 15.6. The van der Waals surface area contributed by atoms with E-state index in [1.165, 1.54) is 12.1 Å². The Kier molecular flexibility index (Phi) is 6.57. The van der Waals surface area contributed by atoms with Gasteiger partial charge in [-0.2, -0.15) is 0 Å². The number of halogens is 1. The molecule has 0 unspecified atom stereocenters. The maximum Gasteiger partial charge on any atom is 0.274 e. The minimum atomic E-state index is -0.286. The number of nitrogens with zero attached hydrogens (tertiary/aromatic N) is 1. The molecule has 0 radical (unpaired) electrons. The zero-order valence-corrected chi connectivity index (χ0v) is 15.6. The Morgan fingerprint density at radius 2 is 1.79 bits per heavy atom. The number of amides is 1. The summed E-state index contributed by atoms with van der Waals surface area (Å²) in [5.74, 6) is 0.228. The van der Waals surface area contributed by atoms with Crippen LogP contribution < -0.4 is 15.4 Å². The van der Waals surface area contributed by atoms with E-state index < -0.39 is 0 Å². The summed E-state index contributed by atoms with van der Waals surface area (Å²) in [7, 11) is 0. The fourth-order valence-electron chi connectivity index (χ4n) is 2.66. The second-order valence-electron chi connectivity index (χ2n) is 6.14. The van der Waals surface area contributed by atoms with Gasteiger partial charge in [0.05, 0.1) is 6.61 Å². The van der Waals surface area contributed by atoms with Crippen LogP contribution in [0.1, 0.15) is 23.0 Å². The molecule has 5 nitrogen and oxygen atoms in total. The molecule has 1 amide bonds. The molecule has 0 aliphatic heterocycles. The Hall–Kier alpha value is -3.41. The number of aromatic nitrogens is 1. The van der Waals surface area contributed by atoms with Gasteiger partial charge in [-0.25, -0.2) is 4.39 Å². The van der Waals surface area contributed by atoms with Crippen LogP contribution in [0.3, 0.4) is 0 Å². The Bertz CT molecular complexity index is 912. The minimum absolute atomic E-state index is 0.242. The van der Waals surface area contributed by atoms with Crippen molar-refractivity contribution in [2.75, 3.05) is 23.8 Å². The Morgan fingerprint density at radius 1 is 1.04 bits per heavy atom. The number of anilines is 2. The van der Waals surface area contributed by atoms with Crippen LogP contribution in [0.2, 0.25) is 0 Å². The van der Waals surface area contributed by atoms with Crippen LogP contribution in [-0.4, -0.2) is 24.0 Å². The van der Waals surface area contributed by atoms with Gasteiger partial charge >= 0.3 is 0 Å². The number of carbonyl (C=O) groups excluding carboxylic acids is 1. The van der Waals surface area contributed by atoms with Crippen LogP contribution in [0.4, 0.5) is 15.8 Å². The van der Waals surface area contributed by atoms with E-state index in [0.717, 1.165) is 23.4 Å². The van der Waals surface area contributed by atoms with Gasteiger partial charge in [-0.3, -0.25) is 9.78 Å². The van der Waals surface area contributed by atoms with Gasteiger partial charge in [-0.1, -0.05) is 12.1 Å². The maximum absolute atomic E-state index is 12.9. The van der Waals surface area contributed by atoms with Crippen LogP contribution in [0.5, 0.6) is 5.75 Å². The highest BCUT2D eigenvalue weighted by Gasteiger charge is 2.09. The van der Waals surface area contributed by atoms with E-state index in [-0.39, 0.29) is 11.7 Å². The smallest absolute Gasteiger partial charge is 0.274 e. The first-order valence-electron chi connectivity index (χ1n) is 9.12. The van der Waals surface area contributed by atoms with Gasteiger partial charge < -0.3 is 15.4 Å². The van der Waals surface area contributed by atoms with E-state index in [1.807, 2.05) is 6.92 Å². The third kappa shape index (κ3) is 5.54. The fraction of sp³-hybridized carbons (Fsp3) is 0.182. The van der Waals surface area contributed by atoms with Gasteiger partial charge in [0.15, 0.2) is 0 Å². The molecule has 0 fully saturated rings.